The molecule has 0 radical (unpaired) electrons. The highest BCUT2D eigenvalue weighted by atomic mass is 16.5. The molecule has 0 bridgehead atoms. The fourth-order valence-electron chi connectivity index (χ4n) is 3.59. The zero-order valence-electron chi connectivity index (χ0n) is 15.2. The molecule has 4 rings (SSSR count). The van der Waals surface area contributed by atoms with E-state index in [2.05, 4.69) is 11.1 Å². The van der Waals surface area contributed by atoms with E-state index in [1.54, 1.807) is 0 Å². The number of nitrogens with zero attached hydrogens (tertiary/aromatic N) is 2. The summed E-state index contributed by atoms with van der Waals surface area (Å²) in [6.45, 7) is 2.36. The molecule has 0 spiro atoms. The van der Waals surface area contributed by atoms with E-state index in [0.717, 1.165) is 28.5 Å². The van der Waals surface area contributed by atoms with Crippen LogP contribution in [0.1, 0.15) is 16.8 Å². The van der Waals surface area contributed by atoms with Crippen LogP contribution in [0.2, 0.25) is 0 Å². The Balaban J connectivity index is 1.56. The number of benzene rings is 2. The summed E-state index contributed by atoms with van der Waals surface area (Å²) in [7, 11) is 0. The Morgan fingerprint density at radius 2 is 1.96 bits per heavy atom. The van der Waals surface area contributed by atoms with Crippen molar-refractivity contribution in [1.82, 2.24) is 9.88 Å². The normalized spacial score (nSPS) is 17.2. The van der Waals surface area contributed by atoms with Crippen LogP contribution >= 0.6 is 0 Å². The summed E-state index contributed by atoms with van der Waals surface area (Å²) >= 11 is 0. The van der Waals surface area contributed by atoms with E-state index in [4.69, 9.17) is 10.5 Å². The van der Waals surface area contributed by atoms with Crippen molar-refractivity contribution in [3.05, 3.63) is 66.4 Å². The Morgan fingerprint density at radius 3 is 2.78 bits per heavy atom. The van der Waals surface area contributed by atoms with Gasteiger partial charge in [-0.1, -0.05) is 30.3 Å². The third kappa shape index (κ3) is 3.70. The van der Waals surface area contributed by atoms with Gasteiger partial charge in [-0.15, -0.1) is 0 Å². The molecule has 2 heterocycles. The molecule has 0 unspecified atom stereocenters. The molecular weight excluding hydrogens is 338 g/mol. The SMILES string of the molecule is NCC[C@@H]1CN(C(=O)c2ccc(-c3ccnc4ccccc34)cc2)CCO1. The van der Waals surface area contributed by atoms with E-state index in [1.807, 2.05) is 59.6 Å². The molecular formula is C22H23N3O2. The van der Waals surface area contributed by atoms with Crippen LogP contribution < -0.4 is 5.73 Å². The Kier molecular flexibility index (Phi) is 5.14. The number of hydrogen-bond donors (Lipinski definition) is 1. The van der Waals surface area contributed by atoms with Crippen molar-refractivity contribution in [2.24, 2.45) is 5.73 Å². The molecule has 2 N–H and O–H groups in total. The summed E-state index contributed by atoms with van der Waals surface area (Å²) in [5.74, 6) is 0.0476. The third-order valence-electron chi connectivity index (χ3n) is 5.01. The van der Waals surface area contributed by atoms with Gasteiger partial charge in [-0.3, -0.25) is 9.78 Å². The van der Waals surface area contributed by atoms with Crippen LogP contribution in [-0.2, 0) is 4.74 Å². The number of rotatable bonds is 4. The Bertz CT molecular complexity index is 932. The van der Waals surface area contributed by atoms with Crippen molar-refractivity contribution in [2.45, 2.75) is 12.5 Å². The Hall–Kier alpha value is -2.76. The number of carbonyl (C=O) groups excluding carboxylic acids is 1. The molecule has 27 heavy (non-hydrogen) atoms. The standard InChI is InChI=1S/C22H23N3O2/c23-11-9-18-15-25(13-14-27-18)22(26)17-7-5-16(6-8-17)19-10-12-24-21-4-2-1-3-20(19)21/h1-8,10,12,18H,9,11,13-15,23H2/t18-/m1/s1. The number of aromatic nitrogens is 1. The van der Waals surface area contributed by atoms with E-state index in [9.17, 15) is 4.79 Å². The Labute approximate surface area is 158 Å². The number of morpholine rings is 1. The number of fused-ring (bicyclic) bond motifs is 1. The lowest BCUT2D eigenvalue weighted by Gasteiger charge is -2.33. The molecule has 0 saturated carbocycles. The minimum Gasteiger partial charge on any atom is -0.374 e. The first kappa shape index (κ1) is 17.6. The van der Waals surface area contributed by atoms with Crippen LogP contribution in [0.4, 0.5) is 0 Å². The maximum absolute atomic E-state index is 12.8. The van der Waals surface area contributed by atoms with Crippen molar-refractivity contribution in [1.29, 1.82) is 0 Å². The zero-order valence-corrected chi connectivity index (χ0v) is 15.2. The van der Waals surface area contributed by atoms with Crippen LogP contribution in [-0.4, -0.2) is 48.1 Å². The molecule has 5 heteroatoms. The number of pyridine rings is 1. The number of nitrogens with two attached hydrogens (primary N) is 1. The van der Waals surface area contributed by atoms with E-state index in [-0.39, 0.29) is 12.0 Å². The van der Waals surface area contributed by atoms with Crippen molar-refractivity contribution in [2.75, 3.05) is 26.2 Å². The summed E-state index contributed by atoms with van der Waals surface area (Å²) in [4.78, 5) is 19.1. The first-order valence-electron chi connectivity index (χ1n) is 9.31. The molecule has 1 fully saturated rings. The largest absolute Gasteiger partial charge is 0.374 e. The van der Waals surface area contributed by atoms with Crippen LogP contribution in [0.25, 0.3) is 22.0 Å². The summed E-state index contributed by atoms with van der Waals surface area (Å²) in [6.07, 6.45) is 2.63. The molecule has 5 nitrogen and oxygen atoms in total. The molecule has 1 aromatic heterocycles. The van der Waals surface area contributed by atoms with Gasteiger partial charge in [0.1, 0.15) is 0 Å². The van der Waals surface area contributed by atoms with Gasteiger partial charge in [0.2, 0.25) is 0 Å². The second-order valence-electron chi connectivity index (χ2n) is 6.77. The summed E-state index contributed by atoms with van der Waals surface area (Å²) in [6, 6.07) is 17.9. The molecule has 1 aliphatic heterocycles. The summed E-state index contributed by atoms with van der Waals surface area (Å²) < 4.78 is 5.67. The van der Waals surface area contributed by atoms with Gasteiger partial charge < -0.3 is 15.4 Å². The van der Waals surface area contributed by atoms with Crippen molar-refractivity contribution >= 4 is 16.8 Å². The van der Waals surface area contributed by atoms with Crippen LogP contribution in [0.3, 0.4) is 0 Å². The topological polar surface area (TPSA) is 68.5 Å². The smallest absolute Gasteiger partial charge is 0.254 e. The van der Waals surface area contributed by atoms with Gasteiger partial charge in [0.15, 0.2) is 0 Å². The zero-order chi connectivity index (χ0) is 18.6. The van der Waals surface area contributed by atoms with Gasteiger partial charge in [-0.2, -0.15) is 0 Å². The predicted molar refractivity (Wildman–Crippen MR) is 106 cm³/mol. The fourth-order valence-corrected chi connectivity index (χ4v) is 3.59. The summed E-state index contributed by atoms with van der Waals surface area (Å²) in [5, 5.41) is 1.11. The maximum Gasteiger partial charge on any atom is 0.254 e. The quantitative estimate of drug-likeness (QED) is 0.775. The van der Waals surface area contributed by atoms with Gasteiger partial charge >= 0.3 is 0 Å². The summed E-state index contributed by atoms with van der Waals surface area (Å²) in [5.41, 5.74) is 9.48. The second-order valence-corrected chi connectivity index (χ2v) is 6.77. The molecule has 3 aromatic rings. The highest BCUT2D eigenvalue weighted by molar-refractivity contribution is 5.97. The minimum atomic E-state index is 0.0372. The first-order chi connectivity index (χ1) is 13.3. The van der Waals surface area contributed by atoms with E-state index in [1.165, 1.54) is 0 Å². The number of amides is 1. The van der Waals surface area contributed by atoms with Gasteiger partial charge in [0.25, 0.3) is 5.91 Å². The first-order valence-corrected chi connectivity index (χ1v) is 9.31. The molecule has 0 aliphatic carbocycles. The average molecular weight is 361 g/mol. The minimum absolute atomic E-state index is 0.0372. The Morgan fingerprint density at radius 1 is 1.15 bits per heavy atom. The van der Waals surface area contributed by atoms with Crippen molar-refractivity contribution in [3.63, 3.8) is 0 Å². The lowest BCUT2D eigenvalue weighted by molar-refractivity contribution is -0.0236. The third-order valence-corrected chi connectivity index (χ3v) is 5.01. The molecule has 1 atom stereocenters. The van der Waals surface area contributed by atoms with E-state index < -0.39 is 0 Å². The van der Waals surface area contributed by atoms with Crippen molar-refractivity contribution < 1.29 is 9.53 Å². The number of hydrogen-bond acceptors (Lipinski definition) is 4. The van der Waals surface area contributed by atoms with Gasteiger partial charge in [0, 0.05) is 30.2 Å². The van der Waals surface area contributed by atoms with Crippen LogP contribution in [0.5, 0.6) is 0 Å². The number of ether oxygens (including phenoxy) is 1. The molecule has 1 amide bonds. The second kappa shape index (κ2) is 7.86. The number of carbonyl (C=O) groups is 1. The highest BCUT2D eigenvalue weighted by Crippen LogP contribution is 2.27. The fraction of sp³-hybridized carbons (Fsp3) is 0.273. The van der Waals surface area contributed by atoms with Crippen LogP contribution in [0, 0.1) is 0 Å². The molecule has 1 aliphatic rings. The predicted octanol–water partition coefficient (Wildman–Crippen LogP) is 3.09. The van der Waals surface area contributed by atoms with Gasteiger partial charge in [0.05, 0.1) is 18.2 Å². The molecule has 1 saturated heterocycles. The lowest BCUT2D eigenvalue weighted by atomic mass is 10.00. The van der Waals surface area contributed by atoms with E-state index in [0.29, 0.717) is 31.8 Å². The lowest BCUT2D eigenvalue weighted by Crippen LogP contribution is -2.46. The molecule has 138 valence electrons. The van der Waals surface area contributed by atoms with Crippen molar-refractivity contribution in [3.8, 4) is 11.1 Å². The van der Waals surface area contributed by atoms with Gasteiger partial charge in [-0.05, 0) is 48.4 Å². The highest BCUT2D eigenvalue weighted by Gasteiger charge is 2.24. The average Bonchev–Trinajstić information content (AvgIpc) is 2.73. The maximum atomic E-state index is 12.8. The van der Waals surface area contributed by atoms with E-state index >= 15 is 0 Å². The number of para-hydroxylation sites is 1. The van der Waals surface area contributed by atoms with Crippen LogP contribution in [0.15, 0.2) is 60.8 Å². The monoisotopic (exact) mass is 361 g/mol. The van der Waals surface area contributed by atoms with Gasteiger partial charge in [-0.25, -0.2) is 0 Å². The molecule has 2 aromatic carbocycles.